The molecule has 3 aromatic rings. The molecular weight excluding hydrogens is 432 g/mol. The van der Waals surface area contributed by atoms with Gasteiger partial charge in [-0.2, -0.15) is 0 Å². The monoisotopic (exact) mass is 448 g/mol. The molecule has 29 heavy (non-hydrogen) atoms. The normalized spacial score (nSPS) is 19.8. The van der Waals surface area contributed by atoms with E-state index in [0.717, 1.165) is 26.1 Å². The van der Waals surface area contributed by atoms with Gasteiger partial charge in [0.1, 0.15) is 5.54 Å². The summed E-state index contributed by atoms with van der Waals surface area (Å²) in [6.07, 6.45) is 1.11. The molecule has 2 aromatic carbocycles. The van der Waals surface area contributed by atoms with Gasteiger partial charge >= 0.3 is 6.03 Å². The van der Waals surface area contributed by atoms with E-state index in [1.54, 1.807) is 19.1 Å². The Labute approximate surface area is 177 Å². The van der Waals surface area contributed by atoms with E-state index >= 15 is 0 Å². The second-order valence-electron chi connectivity index (χ2n) is 7.08. The standard InChI is InChI=1S/C20H17ClN2O4S2/c1-20(12-7-9-13(10-8-12)29(2,26)27)18(24)23(19(25)22-20)11-16-17(21)14-5-3-4-6-15(14)28-16/h3-10H,11H2,1-2H3,(H,22,25). The summed E-state index contributed by atoms with van der Waals surface area (Å²) in [5.74, 6) is -0.414. The molecule has 0 spiro atoms. The minimum atomic E-state index is -3.35. The van der Waals surface area contributed by atoms with Crippen molar-refractivity contribution in [3.05, 3.63) is 64.0 Å². The van der Waals surface area contributed by atoms with Crippen LogP contribution in [0.2, 0.25) is 5.02 Å². The van der Waals surface area contributed by atoms with Crippen molar-refractivity contribution in [3.63, 3.8) is 0 Å². The molecule has 2 heterocycles. The number of fused-ring (bicyclic) bond motifs is 1. The number of urea groups is 1. The Balaban J connectivity index is 1.65. The Morgan fingerprint density at radius 3 is 2.38 bits per heavy atom. The first-order valence-electron chi connectivity index (χ1n) is 8.72. The molecule has 4 rings (SSSR count). The Hall–Kier alpha value is -2.42. The number of carbonyl (C=O) groups excluding carboxylic acids is 2. The van der Waals surface area contributed by atoms with E-state index in [0.29, 0.717) is 10.6 Å². The van der Waals surface area contributed by atoms with Crippen LogP contribution in [0.3, 0.4) is 0 Å². The first-order chi connectivity index (χ1) is 13.6. The fraction of sp³-hybridized carbons (Fsp3) is 0.200. The van der Waals surface area contributed by atoms with Crippen LogP contribution in [-0.2, 0) is 26.7 Å². The second-order valence-corrected chi connectivity index (χ2v) is 10.6. The number of amides is 3. The maximum atomic E-state index is 13.1. The number of hydrogen-bond donors (Lipinski definition) is 1. The number of benzene rings is 2. The zero-order valence-corrected chi connectivity index (χ0v) is 18.0. The maximum Gasteiger partial charge on any atom is 0.325 e. The molecule has 1 fully saturated rings. The fourth-order valence-corrected chi connectivity index (χ4v) is 5.49. The molecule has 0 bridgehead atoms. The van der Waals surface area contributed by atoms with Crippen molar-refractivity contribution in [3.8, 4) is 0 Å². The summed E-state index contributed by atoms with van der Waals surface area (Å²) in [4.78, 5) is 27.7. The molecule has 1 N–H and O–H groups in total. The van der Waals surface area contributed by atoms with Crippen LogP contribution >= 0.6 is 22.9 Å². The van der Waals surface area contributed by atoms with E-state index < -0.39 is 27.3 Å². The molecule has 6 nitrogen and oxygen atoms in total. The van der Waals surface area contributed by atoms with Gasteiger partial charge in [0.15, 0.2) is 9.84 Å². The summed E-state index contributed by atoms with van der Waals surface area (Å²) < 4.78 is 24.3. The van der Waals surface area contributed by atoms with Gasteiger partial charge in [-0.1, -0.05) is 41.9 Å². The van der Waals surface area contributed by atoms with Crippen LogP contribution in [0.15, 0.2) is 53.4 Å². The Bertz CT molecular complexity index is 1250. The van der Waals surface area contributed by atoms with Gasteiger partial charge in [0.2, 0.25) is 0 Å². The lowest BCUT2D eigenvalue weighted by molar-refractivity contribution is -0.131. The first-order valence-corrected chi connectivity index (χ1v) is 11.8. The smallest absolute Gasteiger partial charge is 0.319 e. The fourth-order valence-electron chi connectivity index (χ4n) is 3.38. The van der Waals surface area contributed by atoms with E-state index in [-0.39, 0.29) is 11.4 Å². The largest absolute Gasteiger partial charge is 0.325 e. The SMILES string of the molecule is CC1(c2ccc(S(C)(=O)=O)cc2)NC(=O)N(Cc2sc3ccccc3c2Cl)C1=O. The van der Waals surface area contributed by atoms with Gasteiger partial charge in [0.25, 0.3) is 5.91 Å². The van der Waals surface area contributed by atoms with Gasteiger partial charge in [-0.15, -0.1) is 11.3 Å². The molecule has 3 amide bonds. The summed E-state index contributed by atoms with van der Waals surface area (Å²) >= 11 is 7.91. The molecule has 1 saturated heterocycles. The van der Waals surface area contributed by atoms with Gasteiger partial charge < -0.3 is 5.32 Å². The van der Waals surface area contributed by atoms with Crippen molar-refractivity contribution in [2.45, 2.75) is 23.9 Å². The Morgan fingerprint density at radius 2 is 1.76 bits per heavy atom. The molecule has 1 aliphatic heterocycles. The average molecular weight is 449 g/mol. The van der Waals surface area contributed by atoms with Crippen LogP contribution in [0.5, 0.6) is 0 Å². The van der Waals surface area contributed by atoms with Crippen molar-refractivity contribution in [2.24, 2.45) is 0 Å². The third kappa shape index (κ3) is 3.31. The van der Waals surface area contributed by atoms with Crippen molar-refractivity contribution in [2.75, 3.05) is 6.26 Å². The average Bonchev–Trinajstić information content (AvgIpc) is 3.11. The third-order valence-corrected chi connectivity index (χ3v) is 7.87. The molecule has 9 heteroatoms. The molecule has 1 unspecified atom stereocenters. The first kappa shape index (κ1) is 19.9. The highest BCUT2D eigenvalue weighted by atomic mass is 35.5. The van der Waals surface area contributed by atoms with Gasteiger partial charge in [0.05, 0.1) is 16.5 Å². The molecule has 1 atom stereocenters. The minimum Gasteiger partial charge on any atom is -0.319 e. The van der Waals surface area contributed by atoms with Gasteiger partial charge in [-0.3, -0.25) is 9.69 Å². The van der Waals surface area contributed by atoms with Crippen LogP contribution in [0.4, 0.5) is 4.79 Å². The number of carbonyl (C=O) groups is 2. The van der Waals surface area contributed by atoms with Gasteiger partial charge in [-0.05, 0) is 30.7 Å². The molecular formula is C20H17ClN2O4S2. The van der Waals surface area contributed by atoms with Crippen molar-refractivity contribution < 1.29 is 18.0 Å². The lowest BCUT2D eigenvalue weighted by Gasteiger charge is -2.22. The predicted molar refractivity (Wildman–Crippen MR) is 113 cm³/mol. The number of hydrogen-bond acceptors (Lipinski definition) is 5. The highest BCUT2D eigenvalue weighted by molar-refractivity contribution is 7.90. The highest BCUT2D eigenvalue weighted by Crippen LogP contribution is 2.38. The quantitative estimate of drug-likeness (QED) is 0.613. The Morgan fingerprint density at radius 1 is 1.10 bits per heavy atom. The number of rotatable bonds is 4. The number of thiophene rings is 1. The number of sulfone groups is 1. The molecule has 1 aliphatic rings. The number of halogens is 1. The minimum absolute atomic E-state index is 0.0693. The maximum absolute atomic E-state index is 13.1. The zero-order chi connectivity index (χ0) is 21.0. The van der Waals surface area contributed by atoms with Crippen LogP contribution in [0.1, 0.15) is 17.4 Å². The summed E-state index contributed by atoms with van der Waals surface area (Å²) in [6, 6.07) is 13.1. The van der Waals surface area contributed by atoms with Gasteiger partial charge in [0, 0.05) is 21.2 Å². The number of nitrogens with one attached hydrogen (secondary N) is 1. The lowest BCUT2D eigenvalue weighted by atomic mass is 9.92. The van der Waals surface area contributed by atoms with Crippen LogP contribution in [0.25, 0.3) is 10.1 Å². The topological polar surface area (TPSA) is 83.6 Å². The molecule has 1 aromatic heterocycles. The van der Waals surface area contributed by atoms with Crippen LogP contribution in [-0.4, -0.2) is 31.5 Å². The summed E-state index contributed by atoms with van der Waals surface area (Å²) in [5.41, 5.74) is -0.774. The number of nitrogens with zero attached hydrogens (tertiary/aromatic N) is 1. The zero-order valence-electron chi connectivity index (χ0n) is 15.6. The van der Waals surface area contributed by atoms with Crippen molar-refractivity contribution in [1.82, 2.24) is 10.2 Å². The van der Waals surface area contributed by atoms with E-state index in [9.17, 15) is 18.0 Å². The molecule has 0 aliphatic carbocycles. The van der Waals surface area contributed by atoms with Crippen molar-refractivity contribution >= 4 is 54.8 Å². The Kier molecular flexibility index (Phi) is 4.68. The summed E-state index contributed by atoms with van der Waals surface area (Å²) in [6.45, 7) is 1.68. The second kappa shape index (κ2) is 6.83. The van der Waals surface area contributed by atoms with Gasteiger partial charge in [-0.25, -0.2) is 13.2 Å². The van der Waals surface area contributed by atoms with Crippen LogP contribution in [0, 0.1) is 0 Å². The van der Waals surface area contributed by atoms with Crippen LogP contribution < -0.4 is 5.32 Å². The molecule has 0 radical (unpaired) electrons. The number of imide groups is 1. The third-order valence-electron chi connectivity index (χ3n) is 5.04. The molecule has 0 saturated carbocycles. The van der Waals surface area contributed by atoms with E-state index in [1.165, 1.54) is 23.5 Å². The highest BCUT2D eigenvalue weighted by Gasteiger charge is 2.49. The van der Waals surface area contributed by atoms with E-state index in [4.69, 9.17) is 11.6 Å². The lowest BCUT2D eigenvalue weighted by Crippen LogP contribution is -2.40. The summed E-state index contributed by atoms with van der Waals surface area (Å²) in [5, 5.41) is 4.16. The summed E-state index contributed by atoms with van der Waals surface area (Å²) in [7, 11) is -3.35. The van der Waals surface area contributed by atoms with E-state index in [1.807, 2.05) is 24.3 Å². The predicted octanol–water partition coefficient (Wildman–Crippen LogP) is 3.93. The van der Waals surface area contributed by atoms with E-state index in [2.05, 4.69) is 5.32 Å². The molecule has 150 valence electrons. The van der Waals surface area contributed by atoms with Crippen molar-refractivity contribution in [1.29, 1.82) is 0 Å².